The van der Waals surface area contributed by atoms with Gasteiger partial charge in [0.2, 0.25) is 0 Å². The van der Waals surface area contributed by atoms with Crippen molar-refractivity contribution in [2.75, 3.05) is 21.2 Å². The van der Waals surface area contributed by atoms with Crippen LogP contribution in [0, 0.1) is 0 Å². The van der Waals surface area contributed by atoms with Crippen molar-refractivity contribution in [1.82, 2.24) is 19.0 Å². The Balaban J connectivity index is 1.43. The number of aromatic nitrogens is 3. The molecule has 2 aromatic carbocycles. The van der Waals surface area contributed by atoms with Gasteiger partial charge in [0, 0.05) is 72.4 Å². The molecule has 190 valence electrons. The van der Waals surface area contributed by atoms with E-state index < -0.39 is 0 Å². The molecule has 0 bridgehead atoms. The number of hydrogen-bond acceptors (Lipinski definition) is 5. The van der Waals surface area contributed by atoms with Crippen LogP contribution in [0.25, 0.3) is 22.0 Å². The summed E-state index contributed by atoms with van der Waals surface area (Å²) in [6, 6.07) is 19.3. The normalized spacial score (nSPS) is 14.4. The minimum Gasteiger partial charge on any atom is -0.497 e. The monoisotopic (exact) mass is 522 g/mol. The van der Waals surface area contributed by atoms with Crippen molar-refractivity contribution < 1.29 is 14.3 Å². The fourth-order valence-corrected chi connectivity index (χ4v) is 6.28. The summed E-state index contributed by atoms with van der Waals surface area (Å²) >= 11 is 1.77. The van der Waals surface area contributed by atoms with E-state index in [-0.39, 0.29) is 17.2 Å². The topological polar surface area (TPSA) is 69.4 Å². The lowest BCUT2D eigenvalue weighted by molar-refractivity contribution is 0.103. The maximum absolute atomic E-state index is 14.0. The molecule has 3 aromatic heterocycles. The first-order chi connectivity index (χ1) is 18.5. The first-order valence-electron chi connectivity index (χ1n) is 12.2. The van der Waals surface area contributed by atoms with Gasteiger partial charge in [-0.25, -0.2) is 4.79 Å². The second kappa shape index (κ2) is 9.54. The number of rotatable bonds is 5. The van der Waals surface area contributed by atoms with Gasteiger partial charge >= 0.3 is 6.03 Å². The summed E-state index contributed by atoms with van der Waals surface area (Å²) in [5.74, 6) is 1.42. The highest BCUT2D eigenvalue weighted by molar-refractivity contribution is 7.99. The van der Waals surface area contributed by atoms with Gasteiger partial charge in [0.25, 0.3) is 0 Å². The molecular weight excluding hydrogens is 496 g/mol. The molecule has 38 heavy (non-hydrogen) atoms. The van der Waals surface area contributed by atoms with Crippen molar-refractivity contribution in [1.29, 1.82) is 0 Å². The number of amides is 1. The number of fused-ring (bicyclic) bond motifs is 2. The van der Waals surface area contributed by atoms with Gasteiger partial charge in [0.05, 0.1) is 12.6 Å². The molecular formula is C30H26N4O3S. The summed E-state index contributed by atoms with van der Waals surface area (Å²) in [6.07, 6.45) is 7.29. The molecule has 0 saturated carbocycles. The number of methoxy groups -OCH3 is 1. The van der Waals surface area contributed by atoms with Crippen molar-refractivity contribution >= 4 is 34.5 Å². The molecule has 0 aliphatic carbocycles. The Kier molecular flexibility index (Phi) is 6.04. The van der Waals surface area contributed by atoms with Gasteiger partial charge in [-0.1, -0.05) is 30.3 Å². The summed E-state index contributed by atoms with van der Waals surface area (Å²) in [7, 11) is 5.05. The van der Waals surface area contributed by atoms with Crippen molar-refractivity contribution in [2.24, 2.45) is 0 Å². The molecule has 5 aromatic rings. The highest BCUT2D eigenvalue weighted by atomic mass is 32.2. The van der Waals surface area contributed by atoms with E-state index in [1.54, 1.807) is 49.9 Å². The number of carbonyl (C=O) groups excluding carboxylic acids is 2. The van der Waals surface area contributed by atoms with Gasteiger partial charge in [-0.15, -0.1) is 11.8 Å². The molecule has 0 N–H and O–H groups in total. The van der Waals surface area contributed by atoms with Gasteiger partial charge in [0.15, 0.2) is 5.78 Å². The van der Waals surface area contributed by atoms with E-state index in [0.29, 0.717) is 16.6 Å². The summed E-state index contributed by atoms with van der Waals surface area (Å²) in [6.45, 7) is 0. The third-order valence-corrected chi connectivity index (χ3v) is 8.19. The Labute approximate surface area is 224 Å². The van der Waals surface area contributed by atoms with Crippen LogP contribution in [0.3, 0.4) is 0 Å². The minimum absolute atomic E-state index is 0.0845. The first kappa shape index (κ1) is 24.1. The Morgan fingerprint density at radius 1 is 1.03 bits per heavy atom. The van der Waals surface area contributed by atoms with Gasteiger partial charge in [-0.05, 0) is 41.5 Å². The van der Waals surface area contributed by atoms with Gasteiger partial charge < -0.3 is 14.2 Å². The molecule has 7 nitrogen and oxygen atoms in total. The van der Waals surface area contributed by atoms with Crippen LogP contribution in [0.5, 0.6) is 5.75 Å². The average Bonchev–Trinajstić information content (AvgIpc) is 3.66. The van der Waals surface area contributed by atoms with E-state index >= 15 is 0 Å². The summed E-state index contributed by atoms with van der Waals surface area (Å²) in [5, 5.41) is 0.834. The zero-order valence-electron chi connectivity index (χ0n) is 21.3. The zero-order valence-corrected chi connectivity index (χ0v) is 22.1. The maximum Gasteiger partial charge on any atom is 0.328 e. The molecule has 1 aliphatic rings. The lowest BCUT2D eigenvalue weighted by atomic mass is 10.00. The van der Waals surface area contributed by atoms with Crippen LogP contribution >= 0.6 is 11.8 Å². The molecule has 1 unspecified atom stereocenters. The lowest BCUT2D eigenvalue weighted by Crippen LogP contribution is -2.26. The number of ketones is 1. The molecule has 0 saturated heterocycles. The second-order valence-corrected chi connectivity index (χ2v) is 10.5. The summed E-state index contributed by atoms with van der Waals surface area (Å²) in [4.78, 5) is 32.9. The fraction of sp³-hybridized carbons (Fsp3) is 0.167. The van der Waals surface area contributed by atoms with Crippen molar-refractivity contribution in [3.63, 3.8) is 0 Å². The number of hydrogen-bond donors (Lipinski definition) is 0. The fourth-order valence-electron chi connectivity index (χ4n) is 4.97. The van der Waals surface area contributed by atoms with Gasteiger partial charge in [0.1, 0.15) is 11.1 Å². The number of ether oxygens (including phenoxy) is 1. The van der Waals surface area contributed by atoms with E-state index in [4.69, 9.17) is 4.74 Å². The van der Waals surface area contributed by atoms with Crippen LogP contribution in [0.1, 0.15) is 32.6 Å². The van der Waals surface area contributed by atoms with E-state index in [0.717, 1.165) is 39.3 Å². The third kappa shape index (κ3) is 3.97. The predicted molar refractivity (Wildman–Crippen MR) is 150 cm³/mol. The first-order valence-corrected chi connectivity index (χ1v) is 13.3. The Morgan fingerprint density at radius 2 is 1.82 bits per heavy atom. The molecule has 1 aliphatic heterocycles. The lowest BCUT2D eigenvalue weighted by Gasteiger charge is -2.12. The molecule has 1 amide bonds. The number of pyridine rings is 1. The van der Waals surface area contributed by atoms with E-state index in [2.05, 4.69) is 15.6 Å². The van der Waals surface area contributed by atoms with Crippen molar-refractivity contribution in [3.05, 3.63) is 108 Å². The third-order valence-electron chi connectivity index (χ3n) is 6.93. The van der Waals surface area contributed by atoms with E-state index in [9.17, 15) is 9.59 Å². The largest absolute Gasteiger partial charge is 0.497 e. The maximum atomic E-state index is 14.0. The van der Waals surface area contributed by atoms with E-state index in [1.165, 1.54) is 4.90 Å². The number of nitrogens with zero attached hydrogens (tertiary/aromatic N) is 4. The van der Waals surface area contributed by atoms with Crippen LogP contribution in [-0.2, 0) is 5.75 Å². The Bertz CT molecular complexity index is 1670. The second-order valence-electron chi connectivity index (χ2n) is 9.41. The Hall–Kier alpha value is -4.30. The summed E-state index contributed by atoms with van der Waals surface area (Å²) in [5.41, 5.74) is 5.91. The van der Waals surface area contributed by atoms with Crippen LogP contribution in [0.2, 0.25) is 0 Å². The molecule has 0 spiro atoms. The number of thioether (sulfide) groups is 1. The molecule has 6 rings (SSSR count). The van der Waals surface area contributed by atoms with Gasteiger partial charge in [-0.3, -0.25) is 14.3 Å². The molecule has 1 atom stereocenters. The standard InChI is InChI=1S/C30H26N4O3S/c1-32(2)30(36)34-17-25(23-11-8-20(15-26(23)34)19-6-9-22(37-3)10-7-19)28(35)24-12-14-33-27(24)18-38-29(33)21-5-4-13-31-16-21/h4-17,29H,18H2,1-3H3. The SMILES string of the molecule is COc1ccc(-c2ccc3c(C(=O)c4ccn5c4CSC5c4cccnc4)cn(C(=O)N(C)C)c3c2)cc1. The highest BCUT2D eigenvalue weighted by Crippen LogP contribution is 2.42. The predicted octanol–water partition coefficient (Wildman–Crippen LogP) is 6.07. The number of carbonyl (C=O) groups is 2. The van der Waals surface area contributed by atoms with Crippen LogP contribution < -0.4 is 4.74 Å². The molecule has 8 heteroatoms. The zero-order chi connectivity index (χ0) is 26.4. The van der Waals surface area contributed by atoms with Crippen LogP contribution in [0.4, 0.5) is 4.79 Å². The summed E-state index contributed by atoms with van der Waals surface area (Å²) < 4.78 is 9.00. The van der Waals surface area contributed by atoms with Crippen LogP contribution in [-0.4, -0.2) is 52.0 Å². The Morgan fingerprint density at radius 3 is 2.53 bits per heavy atom. The average molecular weight is 523 g/mol. The van der Waals surface area contributed by atoms with Crippen molar-refractivity contribution in [3.8, 4) is 16.9 Å². The molecule has 4 heterocycles. The highest BCUT2D eigenvalue weighted by Gasteiger charge is 2.30. The smallest absolute Gasteiger partial charge is 0.328 e. The molecule has 0 radical (unpaired) electrons. The minimum atomic E-state index is -0.213. The number of benzene rings is 2. The van der Waals surface area contributed by atoms with Crippen molar-refractivity contribution in [2.45, 2.75) is 11.1 Å². The van der Waals surface area contributed by atoms with Gasteiger partial charge in [-0.2, -0.15) is 0 Å². The molecule has 0 fully saturated rings. The quantitative estimate of drug-likeness (QED) is 0.262. The van der Waals surface area contributed by atoms with Crippen LogP contribution in [0.15, 0.2) is 85.5 Å². The van der Waals surface area contributed by atoms with E-state index in [1.807, 2.05) is 67.0 Å².